The van der Waals surface area contributed by atoms with Gasteiger partial charge >= 0.3 is 0 Å². The van der Waals surface area contributed by atoms with Crippen LogP contribution in [-0.4, -0.2) is 15.9 Å². The van der Waals surface area contributed by atoms with E-state index in [1.165, 1.54) is 16.5 Å². The number of nitrogens with one attached hydrogen (secondary N) is 2. The van der Waals surface area contributed by atoms with Gasteiger partial charge < -0.3 is 10.3 Å². The summed E-state index contributed by atoms with van der Waals surface area (Å²) in [7, 11) is 0. The van der Waals surface area contributed by atoms with Crippen molar-refractivity contribution in [1.82, 2.24) is 15.3 Å². The Hall–Kier alpha value is -2.62. The van der Waals surface area contributed by atoms with Crippen molar-refractivity contribution in [2.24, 2.45) is 0 Å². The molecule has 122 valence electrons. The Morgan fingerprint density at radius 3 is 3.12 bits per heavy atom. The molecule has 0 radical (unpaired) electrons. The standard InChI is InChI=1S/C20H21N3O/c24-19(11-10-15-13-22-17-8-2-1-7-16(15)17)23-18-9-3-5-14-6-4-12-21-20(14)18/h1-2,4,6-8,12-13,18,22H,3,5,9-11H2,(H,23,24)/t18-/m1/s1. The number of pyridine rings is 1. The van der Waals surface area contributed by atoms with E-state index in [0.29, 0.717) is 6.42 Å². The molecule has 0 bridgehead atoms. The van der Waals surface area contributed by atoms with Gasteiger partial charge in [0, 0.05) is 29.7 Å². The molecule has 0 fully saturated rings. The Bertz CT molecular complexity index is 868. The van der Waals surface area contributed by atoms with E-state index in [0.717, 1.165) is 36.9 Å². The first-order chi connectivity index (χ1) is 11.8. The highest BCUT2D eigenvalue weighted by Gasteiger charge is 2.22. The third-order valence-electron chi connectivity index (χ3n) is 4.83. The molecule has 0 spiro atoms. The summed E-state index contributed by atoms with van der Waals surface area (Å²) in [6.07, 6.45) is 8.21. The van der Waals surface area contributed by atoms with Gasteiger partial charge in [-0.3, -0.25) is 9.78 Å². The molecule has 4 heteroatoms. The predicted octanol–water partition coefficient (Wildman–Crippen LogP) is 3.69. The molecular formula is C20H21N3O. The molecule has 0 saturated carbocycles. The van der Waals surface area contributed by atoms with Gasteiger partial charge in [-0.05, 0) is 48.9 Å². The predicted molar refractivity (Wildman–Crippen MR) is 94.7 cm³/mol. The van der Waals surface area contributed by atoms with Gasteiger partial charge in [0.25, 0.3) is 0 Å². The number of para-hydroxylation sites is 1. The number of hydrogen-bond acceptors (Lipinski definition) is 2. The Labute approximate surface area is 141 Å². The SMILES string of the molecule is O=C(CCc1c[nH]c2ccccc12)N[C@@H]1CCCc2cccnc21. The first-order valence-electron chi connectivity index (χ1n) is 8.59. The van der Waals surface area contributed by atoms with Crippen molar-refractivity contribution in [1.29, 1.82) is 0 Å². The van der Waals surface area contributed by atoms with Gasteiger partial charge in [-0.25, -0.2) is 0 Å². The van der Waals surface area contributed by atoms with Crippen LogP contribution in [0.5, 0.6) is 0 Å². The molecule has 2 heterocycles. The van der Waals surface area contributed by atoms with Crippen molar-refractivity contribution in [2.45, 2.75) is 38.1 Å². The third-order valence-corrected chi connectivity index (χ3v) is 4.83. The zero-order chi connectivity index (χ0) is 16.4. The number of amides is 1. The van der Waals surface area contributed by atoms with E-state index >= 15 is 0 Å². The number of H-pyrrole nitrogens is 1. The van der Waals surface area contributed by atoms with Gasteiger partial charge in [0.1, 0.15) is 0 Å². The lowest BCUT2D eigenvalue weighted by molar-refractivity contribution is -0.121. The number of benzene rings is 1. The Balaban J connectivity index is 1.41. The number of fused-ring (bicyclic) bond motifs is 2. The number of hydrogen-bond donors (Lipinski definition) is 2. The number of nitrogens with zero attached hydrogens (tertiary/aromatic N) is 1. The van der Waals surface area contributed by atoms with Crippen LogP contribution in [0.1, 0.15) is 42.1 Å². The Morgan fingerprint density at radius 2 is 2.17 bits per heavy atom. The summed E-state index contributed by atoms with van der Waals surface area (Å²) in [5.41, 5.74) is 4.64. The van der Waals surface area contributed by atoms with Gasteiger partial charge in [-0.2, -0.15) is 0 Å². The molecule has 24 heavy (non-hydrogen) atoms. The van der Waals surface area contributed by atoms with Crippen molar-refractivity contribution >= 4 is 16.8 Å². The lowest BCUT2D eigenvalue weighted by Gasteiger charge is -2.25. The van der Waals surface area contributed by atoms with Gasteiger partial charge in [0.15, 0.2) is 0 Å². The van der Waals surface area contributed by atoms with Crippen molar-refractivity contribution in [2.75, 3.05) is 0 Å². The molecule has 4 rings (SSSR count). The molecule has 0 aliphatic heterocycles. The van der Waals surface area contributed by atoms with Crippen LogP contribution in [0.25, 0.3) is 10.9 Å². The fourth-order valence-electron chi connectivity index (χ4n) is 3.60. The van der Waals surface area contributed by atoms with Gasteiger partial charge in [-0.1, -0.05) is 24.3 Å². The molecule has 1 aromatic carbocycles. The topological polar surface area (TPSA) is 57.8 Å². The molecule has 3 aromatic rings. The maximum Gasteiger partial charge on any atom is 0.220 e. The van der Waals surface area contributed by atoms with E-state index < -0.39 is 0 Å². The highest BCUT2D eigenvalue weighted by Crippen LogP contribution is 2.27. The molecule has 0 saturated heterocycles. The van der Waals surface area contributed by atoms with E-state index in [4.69, 9.17) is 0 Å². The molecule has 0 unspecified atom stereocenters. The van der Waals surface area contributed by atoms with Crippen molar-refractivity contribution in [3.8, 4) is 0 Å². The molecule has 4 nitrogen and oxygen atoms in total. The molecule has 1 aliphatic carbocycles. The molecule has 1 atom stereocenters. The normalized spacial score (nSPS) is 16.8. The van der Waals surface area contributed by atoms with Crippen LogP contribution in [0, 0.1) is 0 Å². The summed E-state index contributed by atoms with van der Waals surface area (Å²) in [5.74, 6) is 0.101. The monoisotopic (exact) mass is 319 g/mol. The number of aromatic nitrogens is 2. The van der Waals surface area contributed by atoms with Crippen LogP contribution in [0.15, 0.2) is 48.8 Å². The van der Waals surface area contributed by atoms with Gasteiger partial charge in [0.05, 0.1) is 11.7 Å². The number of aromatic amines is 1. The molecule has 2 N–H and O–H groups in total. The quantitative estimate of drug-likeness (QED) is 0.770. The highest BCUT2D eigenvalue weighted by atomic mass is 16.1. The second-order valence-corrected chi connectivity index (χ2v) is 6.42. The summed E-state index contributed by atoms with van der Waals surface area (Å²) in [4.78, 5) is 20.2. The van der Waals surface area contributed by atoms with Crippen molar-refractivity contribution < 1.29 is 4.79 Å². The number of aryl methyl sites for hydroxylation is 2. The first kappa shape index (κ1) is 14.9. The molecular weight excluding hydrogens is 298 g/mol. The summed E-state index contributed by atoms with van der Waals surface area (Å²) in [6.45, 7) is 0. The summed E-state index contributed by atoms with van der Waals surface area (Å²) < 4.78 is 0. The number of carbonyl (C=O) groups excluding carboxylic acids is 1. The lowest BCUT2D eigenvalue weighted by atomic mass is 9.92. The van der Waals surface area contributed by atoms with Crippen LogP contribution >= 0.6 is 0 Å². The minimum atomic E-state index is 0.0606. The fourth-order valence-corrected chi connectivity index (χ4v) is 3.60. The summed E-state index contributed by atoms with van der Waals surface area (Å²) >= 11 is 0. The minimum Gasteiger partial charge on any atom is -0.361 e. The van der Waals surface area contributed by atoms with Crippen LogP contribution < -0.4 is 5.32 Å². The maximum atomic E-state index is 12.4. The van der Waals surface area contributed by atoms with Gasteiger partial charge in [-0.15, -0.1) is 0 Å². The van der Waals surface area contributed by atoms with Crippen LogP contribution in [-0.2, 0) is 17.6 Å². The summed E-state index contributed by atoms with van der Waals surface area (Å²) in [5, 5.41) is 4.38. The zero-order valence-electron chi connectivity index (χ0n) is 13.6. The second kappa shape index (κ2) is 6.48. The van der Waals surface area contributed by atoms with Crippen molar-refractivity contribution in [3.05, 3.63) is 65.6 Å². The van der Waals surface area contributed by atoms with Gasteiger partial charge in [0.2, 0.25) is 5.91 Å². The van der Waals surface area contributed by atoms with E-state index in [-0.39, 0.29) is 11.9 Å². The molecule has 1 aliphatic rings. The first-order valence-corrected chi connectivity index (χ1v) is 8.59. The molecule has 1 amide bonds. The zero-order valence-corrected chi connectivity index (χ0v) is 13.6. The largest absolute Gasteiger partial charge is 0.361 e. The van der Waals surface area contributed by atoms with Crippen LogP contribution in [0.3, 0.4) is 0 Å². The number of carbonyl (C=O) groups is 1. The minimum absolute atomic E-state index is 0.0606. The average molecular weight is 319 g/mol. The van der Waals surface area contributed by atoms with E-state index in [9.17, 15) is 4.79 Å². The van der Waals surface area contributed by atoms with E-state index in [1.807, 2.05) is 30.6 Å². The molecule has 2 aromatic heterocycles. The smallest absolute Gasteiger partial charge is 0.220 e. The van der Waals surface area contributed by atoms with E-state index in [1.54, 1.807) is 0 Å². The highest BCUT2D eigenvalue weighted by molar-refractivity contribution is 5.84. The van der Waals surface area contributed by atoms with Crippen LogP contribution in [0.2, 0.25) is 0 Å². The van der Waals surface area contributed by atoms with Crippen LogP contribution in [0.4, 0.5) is 0 Å². The second-order valence-electron chi connectivity index (χ2n) is 6.42. The van der Waals surface area contributed by atoms with E-state index in [2.05, 4.69) is 33.5 Å². The lowest BCUT2D eigenvalue weighted by Crippen LogP contribution is -2.31. The Kier molecular flexibility index (Phi) is 4.03. The summed E-state index contributed by atoms with van der Waals surface area (Å²) in [6, 6.07) is 12.4. The third kappa shape index (κ3) is 2.92. The number of rotatable bonds is 4. The van der Waals surface area contributed by atoms with Crippen molar-refractivity contribution in [3.63, 3.8) is 0 Å². The fraction of sp³-hybridized carbons (Fsp3) is 0.300. The maximum absolute atomic E-state index is 12.4. The Morgan fingerprint density at radius 1 is 1.25 bits per heavy atom. The average Bonchev–Trinajstić information content (AvgIpc) is 3.04.